The van der Waals surface area contributed by atoms with E-state index in [0.29, 0.717) is 12.6 Å². The average Bonchev–Trinajstić information content (AvgIpc) is 2.88. The molecule has 0 unspecified atom stereocenters. The Kier molecular flexibility index (Phi) is 5.76. The lowest BCUT2D eigenvalue weighted by Crippen LogP contribution is -2.21. The summed E-state index contributed by atoms with van der Waals surface area (Å²) in [6.45, 7) is 10.0. The highest BCUT2D eigenvalue weighted by molar-refractivity contribution is 7.09. The predicted molar refractivity (Wildman–Crippen MR) is 89.2 cm³/mol. The molecule has 2 aromatic rings. The zero-order valence-corrected chi connectivity index (χ0v) is 14.1. The molecular weight excluding hydrogens is 280 g/mol. The van der Waals surface area contributed by atoms with E-state index in [1.807, 2.05) is 6.07 Å². The third-order valence-electron chi connectivity index (χ3n) is 3.35. The summed E-state index contributed by atoms with van der Waals surface area (Å²) >= 11 is 1.71. The molecule has 114 valence electrons. The number of ether oxygens (including phenoxy) is 1. The number of nitrogens with zero attached hydrogens (tertiary/aromatic N) is 1. The first-order chi connectivity index (χ1) is 10.0. The molecule has 0 aliphatic carbocycles. The van der Waals surface area contributed by atoms with Gasteiger partial charge < -0.3 is 10.1 Å². The van der Waals surface area contributed by atoms with Crippen LogP contribution in [0.1, 0.15) is 35.7 Å². The number of hydrogen-bond acceptors (Lipinski definition) is 4. The van der Waals surface area contributed by atoms with Gasteiger partial charge in [-0.1, -0.05) is 19.9 Å². The molecular formula is C17H24N2OS. The number of rotatable bonds is 7. The molecule has 2 rings (SSSR count). The van der Waals surface area contributed by atoms with Crippen molar-refractivity contribution in [2.24, 2.45) is 0 Å². The Labute approximate surface area is 131 Å². The molecule has 0 spiro atoms. The van der Waals surface area contributed by atoms with Crippen molar-refractivity contribution in [3.63, 3.8) is 0 Å². The van der Waals surface area contributed by atoms with E-state index in [2.05, 4.69) is 55.5 Å². The van der Waals surface area contributed by atoms with Crippen LogP contribution in [0.25, 0.3) is 0 Å². The van der Waals surface area contributed by atoms with E-state index in [1.54, 1.807) is 11.3 Å². The van der Waals surface area contributed by atoms with Gasteiger partial charge in [-0.25, -0.2) is 4.98 Å². The van der Waals surface area contributed by atoms with E-state index in [-0.39, 0.29) is 0 Å². The van der Waals surface area contributed by atoms with Gasteiger partial charge in [-0.2, -0.15) is 0 Å². The van der Waals surface area contributed by atoms with Crippen molar-refractivity contribution >= 4 is 11.3 Å². The number of thiazole rings is 1. The maximum atomic E-state index is 5.80. The molecule has 3 nitrogen and oxygen atoms in total. The minimum absolute atomic E-state index is 0.489. The smallest absolute Gasteiger partial charge is 0.119 e. The van der Waals surface area contributed by atoms with Gasteiger partial charge in [0.2, 0.25) is 0 Å². The largest absolute Gasteiger partial charge is 0.493 e. The van der Waals surface area contributed by atoms with Crippen molar-refractivity contribution in [3.8, 4) is 5.75 Å². The summed E-state index contributed by atoms with van der Waals surface area (Å²) in [7, 11) is 0. The summed E-state index contributed by atoms with van der Waals surface area (Å²) in [6, 6.07) is 6.71. The van der Waals surface area contributed by atoms with E-state index in [9.17, 15) is 0 Å². The van der Waals surface area contributed by atoms with Crippen LogP contribution < -0.4 is 10.1 Å². The summed E-state index contributed by atoms with van der Waals surface area (Å²) in [5.74, 6) is 0.941. The molecule has 0 saturated heterocycles. The summed E-state index contributed by atoms with van der Waals surface area (Å²) < 4.78 is 5.80. The second-order valence-corrected chi connectivity index (χ2v) is 6.56. The SMILES string of the molecule is Cc1ccc(OCCc2nc(CNC(C)C)cs2)cc1C. The molecule has 0 saturated carbocycles. The van der Waals surface area contributed by atoms with Gasteiger partial charge in [0, 0.05) is 24.4 Å². The molecule has 0 radical (unpaired) electrons. The second kappa shape index (κ2) is 7.57. The molecule has 0 aliphatic rings. The van der Waals surface area contributed by atoms with Crippen LogP contribution in [0.2, 0.25) is 0 Å². The summed E-state index contributed by atoms with van der Waals surface area (Å²) in [5, 5.41) is 6.65. The summed E-state index contributed by atoms with van der Waals surface area (Å²) in [4.78, 5) is 4.62. The van der Waals surface area contributed by atoms with Crippen molar-refractivity contribution in [2.75, 3.05) is 6.61 Å². The summed E-state index contributed by atoms with van der Waals surface area (Å²) in [6.07, 6.45) is 0.860. The zero-order valence-electron chi connectivity index (χ0n) is 13.3. The van der Waals surface area contributed by atoms with Crippen LogP contribution in [0.15, 0.2) is 23.6 Å². The van der Waals surface area contributed by atoms with Gasteiger partial charge in [0.25, 0.3) is 0 Å². The quantitative estimate of drug-likeness (QED) is 0.843. The standard InChI is InChI=1S/C17H24N2OS/c1-12(2)18-10-15-11-21-17(19-15)7-8-20-16-6-5-13(3)14(4)9-16/h5-6,9,11-12,18H,7-8,10H2,1-4H3. The Balaban J connectivity index is 1.79. The Morgan fingerprint density at radius 2 is 2.05 bits per heavy atom. The summed E-state index contributed by atoms with van der Waals surface area (Å²) in [5.41, 5.74) is 3.68. The van der Waals surface area contributed by atoms with E-state index < -0.39 is 0 Å². The van der Waals surface area contributed by atoms with Crippen LogP contribution in [0.3, 0.4) is 0 Å². The van der Waals surface area contributed by atoms with Gasteiger partial charge in [0.15, 0.2) is 0 Å². The lowest BCUT2D eigenvalue weighted by molar-refractivity contribution is 0.321. The van der Waals surface area contributed by atoms with Crippen LogP contribution in [-0.2, 0) is 13.0 Å². The van der Waals surface area contributed by atoms with Crippen LogP contribution >= 0.6 is 11.3 Å². The fourth-order valence-corrected chi connectivity index (χ4v) is 2.69. The number of hydrogen-bond donors (Lipinski definition) is 1. The van der Waals surface area contributed by atoms with Crippen molar-refractivity contribution in [1.82, 2.24) is 10.3 Å². The van der Waals surface area contributed by atoms with Gasteiger partial charge in [-0.05, 0) is 37.1 Å². The molecule has 1 heterocycles. The highest BCUT2D eigenvalue weighted by Gasteiger charge is 2.04. The van der Waals surface area contributed by atoms with Crippen molar-refractivity contribution in [1.29, 1.82) is 0 Å². The molecule has 1 aromatic carbocycles. The van der Waals surface area contributed by atoms with Crippen LogP contribution in [0.5, 0.6) is 5.75 Å². The molecule has 0 amide bonds. The predicted octanol–water partition coefficient (Wildman–Crippen LogP) is 3.88. The number of nitrogens with one attached hydrogen (secondary N) is 1. The minimum Gasteiger partial charge on any atom is -0.493 e. The average molecular weight is 304 g/mol. The highest BCUT2D eigenvalue weighted by atomic mass is 32.1. The van der Waals surface area contributed by atoms with E-state index in [4.69, 9.17) is 4.74 Å². The molecule has 0 bridgehead atoms. The van der Waals surface area contributed by atoms with Gasteiger partial charge in [0.1, 0.15) is 5.75 Å². The number of benzene rings is 1. The third kappa shape index (κ3) is 5.14. The number of aryl methyl sites for hydroxylation is 2. The molecule has 0 atom stereocenters. The normalized spacial score (nSPS) is 11.1. The molecule has 0 fully saturated rings. The Morgan fingerprint density at radius 1 is 1.24 bits per heavy atom. The number of aromatic nitrogens is 1. The van der Waals surface area contributed by atoms with E-state index in [0.717, 1.165) is 29.4 Å². The lowest BCUT2D eigenvalue weighted by Gasteiger charge is -2.07. The fourth-order valence-electron chi connectivity index (χ4n) is 1.91. The molecule has 1 aromatic heterocycles. The van der Waals surface area contributed by atoms with Crippen molar-refractivity contribution in [3.05, 3.63) is 45.4 Å². The molecule has 0 aliphatic heterocycles. The fraction of sp³-hybridized carbons (Fsp3) is 0.471. The first-order valence-electron chi connectivity index (χ1n) is 7.41. The van der Waals surface area contributed by atoms with Crippen molar-refractivity contribution < 1.29 is 4.74 Å². The van der Waals surface area contributed by atoms with Crippen LogP contribution in [0.4, 0.5) is 0 Å². The third-order valence-corrected chi connectivity index (χ3v) is 4.31. The van der Waals surface area contributed by atoms with Gasteiger partial charge in [0.05, 0.1) is 17.3 Å². The maximum absolute atomic E-state index is 5.80. The molecule has 21 heavy (non-hydrogen) atoms. The van der Waals surface area contributed by atoms with E-state index in [1.165, 1.54) is 11.1 Å². The van der Waals surface area contributed by atoms with Gasteiger partial charge >= 0.3 is 0 Å². The lowest BCUT2D eigenvalue weighted by atomic mass is 10.1. The van der Waals surface area contributed by atoms with Gasteiger partial charge in [-0.15, -0.1) is 11.3 Å². The monoisotopic (exact) mass is 304 g/mol. The van der Waals surface area contributed by atoms with Gasteiger partial charge in [-0.3, -0.25) is 0 Å². The topological polar surface area (TPSA) is 34.1 Å². The second-order valence-electron chi connectivity index (χ2n) is 5.61. The highest BCUT2D eigenvalue weighted by Crippen LogP contribution is 2.17. The van der Waals surface area contributed by atoms with Crippen molar-refractivity contribution in [2.45, 2.75) is 46.7 Å². The first-order valence-corrected chi connectivity index (χ1v) is 8.29. The Bertz CT molecular complexity index is 578. The molecule has 4 heteroatoms. The molecule has 1 N–H and O–H groups in total. The Morgan fingerprint density at radius 3 is 2.76 bits per heavy atom. The zero-order chi connectivity index (χ0) is 15.2. The first kappa shape index (κ1) is 16.0. The Hall–Kier alpha value is -1.39. The maximum Gasteiger partial charge on any atom is 0.119 e. The van der Waals surface area contributed by atoms with Crippen LogP contribution in [0, 0.1) is 13.8 Å². The van der Waals surface area contributed by atoms with E-state index >= 15 is 0 Å². The van der Waals surface area contributed by atoms with Crippen LogP contribution in [-0.4, -0.2) is 17.6 Å². The minimum atomic E-state index is 0.489.